The molecule has 0 aromatic heterocycles. The summed E-state index contributed by atoms with van der Waals surface area (Å²) in [7, 11) is 1.26. The average molecular weight is 354 g/mol. The van der Waals surface area contributed by atoms with Gasteiger partial charge in [0.25, 0.3) is 5.91 Å². The number of hydrogen-bond acceptors (Lipinski definition) is 5. The molecule has 26 heavy (non-hydrogen) atoms. The Kier molecular flexibility index (Phi) is 6.46. The zero-order chi connectivity index (χ0) is 18.9. The first-order chi connectivity index (χ1) is 12.5. The minimum atomic E-state index is -0.606. The minimum Gasteiger partial charge on any atom is -0.482 e. The highest BCUT2D eigenvalue weighted by Crippen LogP contribution is 2.16. The van der Waals surface area contributed by atoms with Crippen LogP contribution in [0.5, 0.6) is 5.75 Å². The summed E-state index contributed by atoms with van der Waals surface area (Å²) in [5.74, 6) is -1.08. The molecule has 6 nitrogen and oxygen atoms in total. The maximum Gasteiger partial charge on any atom is 0.343 e. The number of ether oxygens (including phenoxy) is 2. The van der Waals surface area contributed by atoms with E-state index in [1.54, 1.807) is 24.3 Å². The van der Waals surface area contributed by atoms with Gasteiger partial charge in [0.1, 0.15) is 23.2 Å². The zero-order valence-corrected chi connectivity index (χ0v) is 13.9. The lowest BCUT2D eigenvalue weighted by Crippen LogP contribution is -2.13. The van der Waals surface area contributed by atoms with Crippen LogP contribution in [0.3, 0.4) is 0 Å². The molecule has 0 atom stereocenters. The molecular formula is C19H15FN2O4. The molecule has 0 fully saturated rings. The van der Waals surface area contributed by atoms with Gasteiger partial charge in [-0.25, -0.2) is 9.18 Å². The number of amides is 1. The van der Waals surface area contributed by atoms with E-state index in [0.717, 1.165) is 0 Å². The Balaban J connectivity index is 2.05. The van der Waals surface area contributed by atoms with E-state index in [1.165, 1.54) is 37.5 Å². The molecule has 0 bridgehead atoms. The van der Waals surface area contributed by atoms with Gasteiger partial charge in [0.2, 0.25) is 0 Å². The SMILES string of the molecule is COC(=O)COc1ccc(/C=C(\C#N)C(=O)Nc2ccc(F)cc2)cc1. The maximum absolute atomic E-state index is 12.9. The third-order valence-corrected chi connectivity index (χ3v) is 3.24. The van der Waals surface area contributed by atoms with Gasteiger partial charge in [0.15, 0.2) is 6.61 Å². The lowest BCUT2D eigenvalue weighted by molar-refractivity contribution is -0.142. The first-order valence-corrected chi connectivity index (χ1v) is 7.50. The number of hydrogen-bond donors (Lipinski definition) is 1. The molecule has 1 N–H and O–H groups in total. The van der Waals surface area contributed by atoms with Crippen LogP contribution in [0.4, 0.5) is 10.1 Å². The number of nitrogens with one attached hydrogen (secondary N) is 1. The average Bonchev–Trinajstić information content (AvgIpc) is 2.66. The lowest BCUT2D eigenvalue weighted by atomic mass is 10.1. The number of nitrogens with zero attached hydrogens (tertiary/aromatic N) is 1. The van der Waals surface area contributed by atoms with Gasteiger partial charge >= 0.3 is 5.97 Å². The fraction of sp³-hybridized carbons (Fsp3) is 0.105. The summed E-state index contributed by atoms with van der Waals surface area (Å²) in [5, 5.41) is 11.7. The maximum atomic E-state index is 12.9. The van der Waals surface area contributed by atoms with E-state index in [1.807, 2.05) is 6.07 Å². The summed E-state index contributed by atoms with van der Waals surface area (Å²) < 4.78 is 22.6. The van der Waals surface area contributed by atoms with Crippen LogP contribution < -0.4 is 10.1 Å². The highest BCUT2D eigenvalue weighted by Gasteiger charge is 2.10. The number of benzene rings is 2. The van der Waals surface area contributed by atoms with E-state index < -0.39 is 17.7 Å². The second-order valence-electron chi connectivity index (χ2n) is 5.06. The van der Waals surface area contributed by atoms with Gasteiger partial charge in [-0.05, 0) is 48.0 Å². The molecule has 0 saturated carbocycles. The van der Waals surface area contributed by atoms with E-state index in [9.17, 15) is 19.2 Å². The van der Waals surface area contributed by atoms with Gasteiger partial charge in [0.05, 0.1) is 7.11 Å². The topological polar surface area (TPSA) is 88.4 Å². The molecule has 2 aromatic rings. The largest absolute Gasteiger partial charge is 0.482 e. The molecule has 0 radical (unpaired) electrons. The van der Waals surface area contributed by atoms with Crippen LogP contribution >= 0.6 is 0 Å². The number of anilines is 1. The number of carbonyl (C=O) groups is 2. The van der Waals surface area contributed by atoms with Crippen LogP contribution in [0.25, 0.3) is 6.08 Å². The highest BCUT2D eigenvalue weighted by atomic mass is 19.1. The van der Waals surface area contributed by atoms with Crippen molar-refractivity contribution in [1.29, 1.82) is 5.26 Å². The van der Waals surface area contributed by atoms with E-state index in [4.69, 9.17) is 4.74 Å². The van der Waals surface area contributed by atoms with Crippen molar-refractivity contribution in [2.24, 2.45) is 0 Å². The molecule has 132 valence electrons. The Bertz CT molecular complexity index is 853. The normalized spacial score (nSPS) is 10.6. The summed E-state index contributed by atoms with van der Waals surface area (Å²) in [5.41, 5.74) is 0.864. The predicted molar refractivity (Wildman–Crippen MR) is 92.6 cm³/mol. The highest BCUT2D eigenvalue weighted by molar-refractivity contribution is 6.09. The van der Waals surface area contributed by atoms with Crippen molar-refractivity contribution in [2.45, 2.75) is 0 Å². The van der Waals surface area contributed by atoms with Gasteiger partial charge in [-0.3, -0.25) is 4.79 Å². The predicted octanol–water partition coefficient (Wildman–Crippen LogP) is 2.92. The van der Waals surface area contributed by atoms with Crippen molar-refractivity contribution >= 4 is 23.6 Å². The van der Waals surface area contributed by atoms with Gasteiger partial charge in [0, 0.05) is 5.69 Å². The van der Waals surface area contributed by atoms with E-state index in [-0.39, 0.29) is 12.2 Å². The molecule has 2 aromatic carbocycles. The van der Waals surface area contributed by atoms with E-state index >= 15 is 0 Å². The smallest absolute Gasteiger partial charge is 0.343 e. The van der Waals surface area contributed by atoms with Gasteiger partial charge in [-0.1, -0.05) is 12.1 Å². The van der Waals surface area contributed by atoms with Crippen LogP contribution in [0.2, 0.25) is 0 Å². The van der Waals surface area contributed by atoms with Gasteiger partial charge < -0.3 is 14.8 Å². The number of halogens is 1. The molecule has 7 heteroatoms. The van der Waals surface area contributed by atoms with Crippen LogP contribution in [0.1, 0.15) is 5.56 Å². The quantitative estimate of drug-likeness (QED) is 0.489. The van der Waals surface area contributed by atoms with Gasteiger partial charge in [-0.2, -0.15) is 5.26 Å². The van der Waals surface area contributed by atoms with Crippen LogP contribution in [0.15, 0.2) is 54.1 Å². The van der Waals surface area contributed by atoms with E-state index in [0.29, 0.717) is 17.0 Å². The Morgan fingerprint density at radius 1 is 1.15 bits per heavy atom. The third kappa shape index (κ3) is 5.46. The Labute approximate surface area is 149 Å². The fourth-order valence-corrected chi connectivity index (χ4v) is 1.91. The molecule has 0 unspecified atom stereocenters. The van der Waals surface area contributed by atoms with Crippen molar-refractivity contribution in [2.75, 3.05) is 19.0 Å². The molecule has 0 saturated heterocycles. The monoisotopic (exact) mass is 354 g/mol. The Morgan fingerprint density at radius 2 is 1.81 bits per heavy atom. The number of carbonyl (C=O) groups excluding carboxylic acids is 2. The molecule has 1 amide bonds. The lowest BCUT2D eigenvalue weighted by Gasteiger charge is -2.06. The summed E-state index contributed by atoms with van der Waals surface area (Å²) in [4.78, 5) is 23.2. The second-order valence-corrected chi connectivity index (χ2v) is 5.06. The minimum absolute atomic E-state index is 0.113. The molecule has 0 aliphatic rings. The van der Waals surface area contributed by atoms with Crippen molar-refractivity contribution in [3.63, 3.8) is 0 Å². The Hall–Kier alpha value is -3.66. The fourth-order valence-electron chi connectivity index (χ4n) is 1.91. The van der Waals surface area contributed by atoms with Crippen molar-refractivity contribution in [3.8, 4) is 11.8 Å². The first-order valence-electron chi connectivity index (χ1n) is 7.50. The van der Waals surface area contributed by atoms with Gasteiger partial charge in [-0.15, -0.1) is 0 Å². The van der Waals surface area contributed by atoms with Crippen molar-refractivity contribution in [3.05, 3.63) is 65.5 Å². The molecule has 0 spiro atoms. The second kappa shape index (κ2) is 8.99. The number of rotatable bonds is 6. The summed E-state index contributed by atoms with van der Waals surface area (Å²) >= 11 is 0. The zero-order valence-electron chi connectivity index (χ0n) is 13.9. The molecule has 0 heterocycles. The number of methoxy groups -OCH3 is 1. The molecule has 2 rings (SSSR count). The molecular weight excluding hydrogens is 339 g/mol. The summed E-state index contributed by atoms with van der Waals surface area (Å²) in [6.45, 7) is -0.213. The number of esters is 1. The standard InChI is InChI=1S/C19H15FN2O4/c1-25-18(23)12-26-17-8-2-13(3-9-17)10-14(11-21)19(24)22-16-6-4-15(20)5-7-16/h2-10H,12H2,1H3,(H,22,24)/b14-10+. The molecule has 0 aliphatic heterocycles. The number of nitriles is 1. The van der Waals surface area contributed by atoms with Crippen molar-refractivity contribution < 1.29 is 23.5 Å². The van der Waals surface area contributed by atoms with E-state index in [2.05, 4.69) is 10.1 Å². The molecule has 0 aliphatic carbocycles. The first kappa shape index (κ1) is 18.7. The van der Waals surface area contributed by atoms with Crippen molar-refractivity contribution in [1.82, 2.24) is 0 Å². The Morgan fingerprint density at radius 3 is 2.38 bits per heavy atom. The summed E-state index contributed by atoms with van der Waals surface area (Å²) in [6, 6.07) is 13.5. The van der Waals surface area contributed by atoms with Crippen LogP contribution in [0, 0.1) is 17.1 Å². The van der Waals surface area contributed by atoms with Crippen LogP contribution in [-0.4, -0.2) is 25.6 Å². The van der Waals surface area contributed by atoms with Crippen LogP contribution in [-0.2, 0) is 14.3 Å². The summed E-state index contributed by atoms with van der Waals surface area (Å²) in [6.07, 6.45) is 1.41. The third-order valence-electron chi connectivity index (χ3n) is 3.24.